The summed E-state index contributed by atoms with van der Waals surface area (Å²) in [6.45, 7) is 3.92. The summed E-state index contributed by atoms with van der Waals surface area (Å²) in [6.07, 6.45) is 0. The molecule has 0 fully saturated rings. The van der Waals surface area contributed by atoms with Crippen LogP contribution in [0.4, 0.5) is 5.69 Å². The number of rotatable bonds is 4. The smallest absolute Gasteiger partial charge is 0.330 e. The van der Waals surface area contributed by atoms with Gasteiger partial charge >= 0.3 is 5.97 Å². The van der Waals surface area contributed by atoms with Crippen molar-refractivity contribution in [3.63, 3.8) is 0 Å². The van der Waals surface area contributed by atoms with E-state index in [0.29, 0.717) is 0 Å². The van der Waals surface area contributed by atoms with Crippen molar-refractivity contribution < 1.29 is 9.90 Å². The number of nitrogens with one attached hydrogen (secondary N) is 1. The quantitative estimate of drug-likeness (QED) is 0.876. The molecule has 0 amide bonds. The van der Waals surface area contributed by atoms with Crippen LogP contribution in [0.25, 0.3) is 0 Å². The molecule has 3 nitrogen and oxygen atoms in total. The Kier molecular flexibility index (Phi) is 4.45. The lowest BCUT2D eigenvalue weighted by atomic mass is 10.0. The van der Waals surface area contributed by atoms with E-state index in [1.807, 2.05) is 56.3 Å². The Morgan fingerprint density at radius 2 is 1.70 bits per heavy atom. The van der Waals surface area contributed by atoms with Crippen LogP contribution in [-0.2, 0) is 4.79 Å². The Labute approximate surface area is 126 Å². The molecule has 0 aliphatic rings. The average molecular weight is 334 g/mol. The van der Waals surface area contributed by atoms with Crippen LogP contribution in [0.2, 0.25) is 0 Å². The molecule has 2 N–H and O–H groups in total. The Bertz CT molecular complexity index is 603. The van der Waals surface area contributed by atoms with Crippen molar-refractivity contribution in [3.8, 4) is 0 Å². The zero-order valence-electron chi connectivity index (χ0n) is 11.4. The van der Waals surface area contributed by atoms with Crippen molar-refractivity contribution in [2.75, 3.05) is 5.32 Å². The van der Waals surface area contributed by atoms with Crippen LogP contribution in [0, 0.1) is 13.8 Å². The molecule has 2 aromatic carbocycles. The van der Waals surface area contributed by atoms with Gasteiger partial charge in [0.2, 0.25) is 0 Å². The maximum absolute atomic E-state index is 11.5. The summed E-state index contributed by atoms with van der Waals surface area (Å²) in [5.41, 5.74) is 3.63. The van der Waals surface area contributed by atoms with Crippen LogP contribution in [0.15, 0.2) is 46.9 Å². The molecule has 104 valence electrons. The normalized spacial score (nSPS) is 11.9. The molecule has 2 aromatic rings. The zero-order valence-corrected chi connectivity index (χ0v) is 12.9. The second-order valence-electron chi connectivity index (χ2n) is 4.74. The molecule has 0 aliphatic carbocycles. The molecule has 1 unspecified atom stereocenters. The molecule has 0 saturated heterocycles. The van der Waals surface area contributed by atoms with Crippen LogP contribution < -0.4 is 5.32 Å². The van der Waals surface area contributed by atoms with Crippen molar-refractivity contribution in [2.24, 2.45) is 0 Å². The molecule has 20 heavy (non-hydrogen) atoms. The van der Waals surface area contributed by atoms with Crippen molar-refractivity contribution in [1.29, 1.82) is 0 Å². The van der Waals surface area contributed by atoms with Gasteiger partial charge in [-0.1, -0.05) is 46.3 Å². The monoisotopic (exact) mass is 333 g/mol. The zero-order chi connectivity index (χ0) is 14.7. The third-order valence-corrected chi connectivity index (χ3v) is 3.62. The van der Waals surface area contributed by atoms with Crippen molar-refractivity contribution in [1.82, 2.24) is 0 Å². The van der Waals surface area contributed by atoms with Gasteiger partial charge in [0, 0.05) is 10.2 Å². The summed E-state index contributed by atoms with van der Waals surface area (Å²) in [5.74, 6) is -0.891. The van der Waals surface area contributed by atoms with Gasteiger partial charge in [0.15, 0.2) is 6.04 Å². The fourth-order valence-corrected chi connectivity index (χ4v) is 2.90. The van der Waals surface area contributed by atoms with E-state index in [1.165, 1.54) is 0 Å². The highest BCUT2D eigenvalue weighted by Gasteiger charge is 2.20. The minimum absolute atomic E-state index is 0.738. The van der Waals surface area contributed by atoms with Gasteiger partial charge in [0.25, 0.3) is 0 Å². The third-order valence-electron chi connectivity index (χ3n) is 3.17. The predicted octanol–water partition coefficient (Wildman–Crippen LogP) is 4.30. The van der Waals surface area contributed by atoms with E-state index < -0.39 is 12.0 Å². The number of hydrogen-bond donors (Lipinski definition) is 2. The highest BCUT2D eigenvalue weighted by atomic mass is 79.9. The fraction of sp³-hybridized carbons (Fsp3) is 0.188. The summed E-state index contributed by atoms with van der Waals surface area (Å²) in [6, 6.07) is 12.4. The number of carboxylic acid groups (broad SMARTS) is 1. The highest BCUT2D eigenvalue weighted by Crippen LogP contribution is 2.28. The van der Waals surface area contributed by atoms with E-state index in [0.717, 1.165) is 26.9 Å². The Morgan fingerprint density at radius 3 is 2.20 bits per heavy atom. The molecular formula is C16H16BrNO2. The second kappa shape index (κ2) is 6.09. The molecule has 0 aromatic heterocycles. The summed E-state index contributed by atoms with van der Waals surface area (Å²) in [7, 11) is 0. The standard InChI is InChI=1S/C16H16BrNO2/c1-10-8-13(17)9-11(2)14(10)18-15(16(19)20)12-6-4-3-5-7-12/h3-9,15,18H,1-2H3,(H,19,20). The van der Waals surface area contributed by atoms with E-state index in [1.54, 1.807) is 0 Å². The number of carbonyl (C=O) groups is 1. The molecule has 0 bridgehead atoms. The number of hydrogen-bond acceptors (Lipinski definition) is 2. The molecule has 0 heterocycles. The van der Waals surface area contributed by atoms with E-state index >= 15 is 0 Å². The molecule has 0 aliphatic heterocycles. The Morgan fingerprint density at radius 1 is 1.15 bits per heavy atom. The summed E-state index contributed by atoms with van der Waals surface area (Å²) in [4.78, 5) is 11.5. The van der Waals surface area contributed by atoms with Crippen molar-refractivity contribution in [2.45, 2.75) is 19.9 Å². The summed E-state index contributed by atoms with van der Waals surface area (Å²) >= 11 is 3.44. The first-order valence-corrected chi connectivity index (χ1v) is 7.09. The maximum Gasteiger partial charge on any atom is 0.330 e. The highest BCUT2D eigenvalue weighted by molar-refractivity contribution is 9.10. The number of benzene rings is 2. The molecule has 0 spiro atoms. The third kappa shape index (κ3) is 3.20. The number of carboxylic acids is 1. The summed E-state index contributed by atoms with van der Waals surface area (Å²) < 4.78 is 0.990. The first-order valence-electron chi connectivity index (χ1n) is 6.30. The molecule has 1 atom stereocenters. The Balaban J connectivity index is 2.38. The van der Waals surface area contributed by atoms with Gasteiger partial charge in [-0.25, -0.2) is 4.79 Å². The molecule has 2 rings (SSSR count). The van der Waals surface area contributed by atoms with Gasteiger partial charge in [-0.2, -0.15) is 0 Å². The first-order chi connectivity index (χ1) is 9.49. The van der Waals surface area contributed by atoms with E-state index in [4.69, 9.17) is 0 Å². The lowest BCUT2D eigenvalue weighted by Crippen LogP contribution is -2.21. The summed E-state index contributed by atoms with van der Waals surface area (Å²) in [5, 5.41) is 12.6. The van der Waals surface area contributed by atoms with Gasteiger partial charge in [-0.15, -0.1) is 0 Å². The van der Waals surface area contributed by atoms with Crippen LogP contribution in [0.5, 0.6) is 0 Å². The SMILES string of the molecule is Cc1cc(Br)cc(C)c1NC(C(=O)O)c1ccccc1. The number of aryl methyl sites for hydroxylation is 2. The minimum atomic E-state index is -0.891. The Hall–Kier alpha value is -1.81. The van der Waals surface area contributed by atoms with Crippen LogP contribution in [0.3, 0.4) is 0 Å². The van der Waals surface area contributed by atoms with Gasteiger partial charge in [-0.05, 0) is 42.7 Å². The van der Waals surface area contributed by atoms with Crippen molar-refractivity contribution in [3.05, 3.63) is 63.6 Å². The van der Waals surface area contributed by atoms with Crippen LogP contribution in [-0.4, -0.2) is 11.1 Å². The largest absolute Gasteiger partial charge is 0.479 e. The topological polar surface area (TPSA) is 49.3 Å². The van der Waals surface area contributed by atoms with Gasteiger partial charge in [0.05, 0.1) is 0 Å². The van der Waals surface area contributed by atoms with E-state index in [2.05, 4.69) is 21.2 Å². The number of aliphatic carboxylic acids is 1. The lowest BCUT2D eigenvalue weighted by molar-refractivity contribution is -0.138. The maximum atomic E-state index is 11.5. The fourth-order valence-electron chi connectivity index (χ4n) is 2.22. The van der Waals surface area contributed by atoms with Crippen molar-refractivity contribution >= 4 is 27.6 Å². The molecule has 0 saturated carbocycles. The number of halogens is 1. The van der Waals surface area contributed by atoms with Gasteiger partial charge in [0.1, 0.15) is 0 Å². The minimum Gasteiger partial charge on any atom is -0.479 e. The molecular weight excluding hydrogens is 318 g/mol. The predicted molar refractivity (Wildman–Crippen MR) is 84.1 cm³/mol. The van der Waals surface area contributed by atoms with Crippen LogP contribution >= 0.6 is 15.9 Å². The first kappa shape index (κ1) is 14.6. The second-order valence-corrected chi connectivity index (χ2v) is 5.66. The van der Waals surface area contributed by atoms with E-state index in [-0.39, 0.29) is 0 Å². The lowest BCUT2D eigenvalue weighted by Gasteiger charge is -2.20. The molecule has 4 heteroatoms. The number of anilines is 1. The van der Waals surface area contributed by atoms with E-state index in [9.17, 15) is 9.90 Å². The van der Waals surface area contributed by atoms with Crippen LogP contribution in [0.1, 0.15) is 22.7 Å². The molecule has 0 radical (unpaired) electrons. The van der Waals surface area contributed by atoms with Gasteiger partial charge in [-0.3, -0.25) is 0 Å². The van der Waals surface area contributed by atoms with Gasteiger partial charge < -0.3 is 10.4 Å². The average Bonchev–Trinajstić information content (AvgIpc) is 2.38.